The Kier molecular flexibility index (Phi) is 4.04. The Labute approximate surface area is 112 Å². The second kappa shape index (κ2) is 5.73. The summed E-state index contributed by atoms with van der Waals surface area (Å²) in [7, 11) is 1.46. The minimum absolute atomic E-state index is 0.227. The van der Waals surface area contributed by atoms with Gasteiger partial charge in [-0.05, 0) is 25.5 Å². The van der Waals surface area contributed by atoms with Gasteiger partial charge in [-0.2, -0.15) is 0 Å². The molecule has 2 aromatic rings. The van der Waals surface area contributed by atoms with Gasteiger partial charge in [-0.15, -0.1) is 0 Å². The molecule has 0 spiro atoms. The maximum absolute atomic E-state index is 13.4. The third-order valence-electron chi connectivity index (χ3n) is 2.77. The van der Waals surface area contributed by atoms with Crippen molar-refractivity contribution in [1.82, 2.24) is 9.55 Å². The van der Waals surface area contributed by atoms with Crippen LogP contribution in [0.3, 0.4) is 0 Å². The minimum atomic E-state index is -0.369. The lowest BCUT2D eigenvalue weighted by Crippen LogP contribution is -2.07. The van der Waals surface area contributed by atoms with Crippen molar-refractivity contribution in [1.29, 1.82) is 0 Å². The second-order valence-electron chi connectivity index (χ2n) is 4.32. The Balaban J connectivity index is 2.40. The largest absolute Gasteiger partial charge is 0.494 e. The summed E-state index contributed by atoms with van der Waals surface area (Å²) in [5, 5.41) is 3.25. The molecular formula is C14H18FN3O. The van der Waals surface area contributed by atoms with Gasteiger partial charge in [0.05, 0.1) is 18.5 Å². The summed E-state index contributed by atoms with van der Waals surface area (Å²) in [4.78, 5) is 4.42. The summed E-state index contributed by atoms with van der Waals surface area (Å²) in [5.41, 5.74) is 1.72. The SMILES string of the molecule is CCCNc1nc(C)cn1-c1ccc(F)c(OC)c1. The summed E-state index contributed by atoms with van der Waals surface area (Å²) in [6.45, 7) is 4.86. The Morgan fingerprint density at radius 3 is 2.89 bits per heavy atom. The van der Waals surface area contributed by atoms with Crippen LogP contribution in [0.25, 0.3) is 5.69 Å². The molecule has 1 heterocycles. The van der Waals surface area contributed by atoms with Crippen LogP contribution in [0.1, 0.15) is 19.0 Å². The third kappa shape index (κ3) is 2.86. The zero-order chi connectivity index (χ0) is 13.8. The van der Waals surface area contributed by atoms with Crippen LogP contribution in [0.15, 0.2) is 24.4 Å². The van der Waals surface area contributed by atoms with Crippen LogP contribution in [0.5, 0.6) is 5.75 Å². The monoisotopic (exact) mass is 263 g/mol. The molecule has 0 aliphatic carbocycles. The number of aryl methyl sites for hydroxylation is 1. The first-order valence-electron chi connectivity index (χ1n) is 6.29. The van der Waals surface area contributed by atoms with E-state index in [1.807, 2.05) is 17.7 Å². The second-order valence-corrected chi connectivity index (χ2v) is 4.32. The van der Waals surface area contributed by atoms with Crippen molar-refractivity contribution in [2.75, 3.05) is 19.0 Å². The average molecular weight is 263 g/mol. The lowest BCUT2D eigenvalue weighted by atomic mass is 10.3. The van der Waals surface area contributed by atoms with E-state index in [2.05, 4.69) is 17.2 Å². The molecule has 102 valence electrons. The van der Waals surface area contributed by atoms with Gasteiger partial charge in [0.15, 0.2) is 11.6 Å². The molecular weight excluding hydrogens is 245 g/mol. The molecule has 0 amide bonds. The fourth-order valence-electron chi connectivity index (χ4n) is 1.85. The molecule has 5 heteroatoms. The lowest BCUT2D eigenvalue weighted by molar-refractivity contribution is 0.386. The van der Waals surface area contributed by atoms with Crippen molar-refractivity contribution in [2.45, 2.75) is 20.3 Å². The van der Waals surface area contributed by atoms with E-state index < -0.39 is 0 Å². The van der Waals surface area contributed by atoms with Crippen LogP contribution >= 0.6 is 0 Å². The molecule has 0 bridgehead atoms. The van der Waals surface area contributed by atoms with Crippen molar-refractivity contribution in [3.8, 4) is 11.4 Å². The molecule has 0 radical (unpaired) electrons. The quantitative estimate of drug-likeness (QED) is 0.900. The van der Waals surface area contributed by atoms with Gasteiger partial charge in [0.1, 0.15) is 0 Å². The molecule has 0 saturated carbocycles. The highest BCUT2D eigenvalue weighted by atomic mass is 19.1. The number of nitrogens with zero attached hydrogens (tertiary/aromatic N) is 2. The zero-order valence-electron chi connectivity index (χ0n) is 11.4. The first-order valence-corrected chi connectivity index (χ1v) is 6.29. The molecule has 19 heavy (non-hydrogen) atoms. The molecule has 1 aromatic carbocycles. The maximum atomic E-state index is 13.4. The van der Waals surface area contributed by atoms with Crippen LogP contribution in [0.4, 0.5) is 10.3 Å². The summed E-state index contributed by atoms with van der Waals surface area (Å²) in [5.74, 6) is 0.615. The van der Waals surface area contributed by atoms with Crippen LogP contribution < -0.4 is 10.1 Å². The number of nitrogens with one attached hydrogen (secondary N) is 1. The van der Waals surface area contributed by atoms with Crippen molar-refractivity contribution in [2.24, 2.45) is 0 Å². The molecule has 0 aliphatic rings. The molecule has 4 nitrogen and oxygen atoms in total. The molecule has 0 atom stereocenters. The highest BCUT2D eigenvalue weighted by molar-refractivity contribution is 5.46. The number of halogens is 1. The highest BCUT2D eigenvalue weighted by Gasteiger charge is 2.10. The van der Waals surface area contributed by atoms with Crippen molar-refractivity contribution >= 4 is 5.95 Å². The van der Waals surface area contributed by atoms with Crippen molar-refractivity contribution in [3.63, 3.8) is 0 Å². The van der Waals surface area contributed by atoms with Gasteiger partial charge in [0.25, 0.3) is 0 Å². The highest BCUT2D eigenvalue weighted by Crippen LogP contribution is 2.23. The minimum Gasteiger partial charge on any atom is -0.494 e. The summed E-state index contributed by atoms with van der Waals surface area (Å²) < 4.78 is 20.3. The van der Waals surface area contributed by atoms with Crippen molar-refractivity contribution in [3.05, 3.63) is 35.9 Å². The molecule has 0 unspecified atom stereocenters. The van der Waals surface area contributed by atoms with E-state index >= 15 is 0 Å². The van der Waals surface area contributed by atoms with Gasteiger partial charge in [-0.1, -0.05) is 6.92 Å². The van der Waals surface area contributed by atoms with E-state index in [1.54, 1.807) is 12.1 Å². The topological polar surface area (TPSA) is 39.1 Å². The Bertz CT molecular complexity index is 566. The summed E-state index contributed by atoms with van der Waals surface area (Å²) in [6.07, 6.45) is 2.92. The Morgan fingerprint density at radius 1 is 1.42 bits per heavy atom. The molecule has 0 saturated heterocycles. The first kappa shape index (κ1) is 13.4. The summed E-state index contributed by atoms with van der Waals surface area (Å²) >= 11 is 0. The van der Waals surface area contributed by atoms with E-state index in [0.717, 1.165) is 30.3 Å². The lowest BCUT2D eigenvalue weighted by Gasteiger charge is -2.10. The van der Waals surface area contributed by atoms with E-state index in [4.69, 9.17) is 4.74 Å². The van der Waals surface area contributed by atoms with Gasteiger partial charge in [-0.25, -0.2) is 9.37 Å². The molecule has 0 fully saturated rings. The number of benzene rings is 1. The average Bonchev–Trinajstić information content (AvgIpc) is 2.78. The van der Waals surface area contributed by atoms with Gasteiger partial charge < -0.3 is 10.1 Å². The number of hydrogen-bond acceptors (Lipinski definition) is 3. The normalized spacial score (nSPS) is 10.5. The van der Waals surface area contributed by atoms with Crippen LogP contribution in [0.2, 0.25) is 0 Å². The fourth-order valence-corrected chi connectivity index (χ4v) is 1.85. The smallest absolute Gasteiger partial charge is 0.207 e. The van der Waals surface area contributed by atoms with E-state index in [-0.39, 0.29) is 11.6 Å². The number of methoxy groups -OCH3 is 1. The van der Waals surface area contributed by atoms with Crippen LogP contribution in [-0.2, 0) is 0 Å². The van der Waals surface area contributed by atoms with Crippen LogP contribution in [0, 0.1) is 12.7 Å². The number of anilines is 1. The predicted octanol–water partition coefficient (Wildman–Crippen LogP) is 3.15. The molecule has 1 N–H and O–H groups in total. The van der Waals surface area contributed by atoms with Gasteiger partial charge in [0, 0.05) is 18.8 Å². The van der Waals surface area contributed by atoms with Gasteiger partial charge in [-0.3, -0.25) is 4.57 Å². The van der Waals surface area contributed by atoms with Crippen molar-refractivity contribution < 1.29 is 9.13 Å². The fraction of sp³-hybridized carbons (Fsp3) is 0.357. The molecule has 0 aliphatic heterocycles. The number of aromatic nitrogens is 2. The number of hydrogen-bond donors (Lipinski definition) is 1. The Morgan fingerprint density at radius 2 is 2.21 bits per heavy atom. The zero-order valence-corrected chi connectivity index (χ0v) is 11.4. The number of imidazole rings is 1. The number of ether oxygens (including phenoxy) is 1. The molecule has 2 rings (SSSR count). The first-order chi connectivity index (χ1) is 9.15. The van der Waals surface area contributed by atoms with Crippen LogP contribution in [-0.4, -0.2) is 23.2 Å². The van der Waals surface area contributed by atoms with E-state index in [1.165, 1.54) is 13.2 Å². The van der Waals surface area contributed by atoms with E-state index in [0.29, 0.717) is 0 Å². The third-order valence-corrected chi connectivity index (χ3v) is 2.77. The molecule has 1 aromatic heterocycles. The van der Waals surface area contributed by atoms with Gasteiger partial charge in [0.2, 0.25) is 5.95 Å². The Hall–Kier alpha value is -2.04. The van der Waals surface area contributed by atoms with E-state index in [9.17, 15) is 4.39 Å². The number of rotatable bonds is 5. The predicted molar refractivity (Wildman–Crippen MR) is 73.6 cm³/mol. The van der Waals surface area contributed by atoms with Gasteiger partial charge >= 0.3 is 0 Å². The summed E-state index contributed by atoms with van der Waals surface area (Å²) in [6, 6.07) is 4.76. The standard InChI is InChI=1S/C14H18FN3O/c1-4-7-16-14-17-10(2)9-18(14)11-5-6-12(15)13(8-11)19-3/h5-6,8-9H,4,7H2,1-3H3,(H,16,17). The maximum Gasteiger partial charge on any atom is 0.207 e.